The number of hydrogen-bond acceptors (Lipinski definition) is 5. The van der Waals surface area contributed by atoms with E-state index in [0.717, 1.165) is 45.4 Å². The van der Waals surface area contributed by atoms with Crippen LogP contribution in [0.2, 0.25) is 0 Å². The summed E-state index contributed by atoms with van der Waals surface area (Å²) in [5, 5.41) is 11.7. The van der Waals surface area contributed by atoms with Gasteiger partial charge in [0.2, 0.25) is 0 Å². The fraction of sp³-hybridized carbons (Fsp3) is 0.318. The van der Waals surface area contributed by atoms with Gasteiger partial charge in [0.15, 0.2) is 0 Å². The number of hydrazone groups is 1. The summed E-state index contributed by atoms with van der Waals surface area (Å²) >= 11 is 1.72. The molecule has 3 amide bonds. The number of carbonyl (C=O) groups is 2. The van der Waals surface area contributed by atoms with Gasteiger partial charge in [0.1, 0.15) is 0 Å². The van der Waals surface area contributed by atoms with Gasteiger partial charge in [-0.15, -0.1) is 5.01 Å². The molecule has 2 N–H and O–H groups in total. The number of fused-ring (bicyclic) bond motifs is 2. The van der Waals surface area contributed by atoms with Crippen molar-refractivity contribution in [3.05, 3.63) is 48.0 Å². The first-order valence-corrected chi connectivity index (χ1v) is 10.8. The number of amides is 3. The van der Waals surface area contributed by atoms with E-state index in [-0.39, 0.29) is 18.2 Å². The number of unbranched alkanes of at least 4 members (excludes halogenated alkanes) is 1. The lowest BCUT2D eigenvalue weighted by Gasteiger charge is -2.27. The number of hydrogen-bond donors (Lipinski definition) is 2. The predicted molar refractivity (Wildman–Crippen MR) is 116 cm³/mol. The molecule has 29 heavy (non-hydrogen) atoms. The SMILES string of the molecule is CCCCNC(=O)N1N=C(c2ccc3c(c2)Nc2ccccc2S3)C(C)CC1=O. The largest absolute Gasteiger partial charge is 0.354 e. The third-order valence-corrected chi connectivity index (χ3v) is 6.19. The molecule has 0 radical (unpaired) electrons. The molecule has 2 aromatic rings. The highest BCUT2D eigenvalue weighted by molar-refractivity contribution is 7.99. The zero-order chi connectivity index (χ0) is 20.4. The van der Waals surface area contributed by atoms with E-state index >= 15 is 0 Å². The number of urea groups is 1. The zero-order valence-corrected chi connectivity index (χ0v) is 17.4. The average molecular weight is 409 g/mol. The summed E-state index contributed by atoms with van der Waals surface area (Å²) in [6.07, 6.45) is 2.11. The van der Waals surface area contributed by atoms with Crippen LogP contribution in [-0.2, 0) is 4.79 Å². The lowest BCUT2D eigenvalue weighted by Crippen LogP contribution is -2.45. The van der Waals surface area contributed by atoms with E-state index in [0.29, 0.717) is 6.54 Å². The molecule has 0 bridgehead atoms. The lowest BCUT2D eigenvalue weighted by molar-refractivity contribution is -0.129. The van der Waals surface area contributed by atoms with E-state index in [1.54, 1.807) is 11.8 Å². The standard InChI is InChI=1S/C22H24N4O2S/c1-3-4-11-23-22(28)26-20(27)12-14(2)21(25-26)15-9-10-19-17(13-15)24-16-7-5-6-8-18(16)29-19/h5-10,13-14,24H,3-4,11-12H2,1-2H3,(H,23,28). The van der Waals surface area contributed by atoms with Crippen molar-refractivity contribution in [2.75, 3.05) is 11.9 Å². The van der Waals surface area contributed by atoms with Crippen LogP contribution in [0.3, 0.4) is 0 Å². The van der Waals surface area contributed by atoms with Crippen molar-refractivity contribution in [3.8, 4) is 0 Å². The highest BCUT2D eigenvalue weighted by Crippen LogP contribution is 2.44. The first kappa shape index (κ1) is 19.5. The topological polar surface area (TPSA) is 73.8 Å². The first-order valence-electron chi connectivity index (χ1n) is 9.94. The molecule has 0 spiro atoms. The Morgan fingerprint density at radius 1 is 1.24 bits per heavy atom. The van der Waals surface area contributed by atoms with E-state index in [4.69, 9.17) is 0 Å². The number of anilines is 2. The molecule has 7 heteroatoms. The highest BCUT2D eigenvalue weighted by atomic mass is 32.2. The quantitative estimate of drug-likeness (QED) is 0.597. The van der Waals surface area contributed by atoms with Crippen molar-refractivity contribution in [1.29, 1.82) is 0 Å². The third-order valence-electron chi connectivity index (χ3n) is 5.04. The van der Waals surface area contributed by atoms with Crippen molar-refractivity contribution >= 4 is 40.8 Å². The molecule has 150 valence electrons. The average Bonchev–Trinajstić information content (AvgIpc) is 2.72. The summed E-state index contributed by atoms with van der Waals surface area (Å²) in [6, 6.07) is 13.9. The second-order valence-corrected chi connectivity index (χ2v) is 8.40. The molecule has 2 aliphatic rings. The van der Waals surface area contributed by atoms with Gasteiger partial charge >= 0.3 is 6.03 Å². The van der Waals surface area contributed by atoms with Crippen LogP contribution >= 0.6 is 11.8 Å². The number of para-hydroxylation sites is 1. The zero-order valence-electron chi connectivity index (χ0n) is 16.6. The maximum Gasteiger partial charge on any atom is 0.345 e. The Balaban J connectivity index is 1.61. The van der Waals surface area contributed by atoms with E-state index < -0.39 is 6.03 Å². The molecule has 0 fully saturated rings. The van der Waals surface area contributed by atoms with E-state index in [1.807, 2.05) is 25.1 Å². The summed E-state index contributed by atoms with van der Waals surface area (Å²) in [7, 11) is 0. The number of benzene rings is 2. The van der Waals surface area contributed by atoms with Crippen LogP contribution < -0.4 is 10.6 Å². The number of nitrogens with one attached hydrogen (secondary N) is 2. The normalized spacial score (nSPS) is 17.7. The lowest BCUT2D eigenvalue weighted by atomic mass is 9.93. The molecule has 1 unspecified atom stereocenters. The van der Waals surface area contributed by atoms with Crippen LogP contribution in [0.5, 0.6) is 0 Å². The minimum absolute atomic E-state index is 0.0521. The third kappa shape index (κ3) is 4.00. The Kier molecular flexibility index (Phi) is 5.58. The van der Waals surface area contributed by atoms with Gasteiger partial charge in [0.05, 0.1) is 17.1 Å². The van der Waals surface area contributed by atoms with Gasteiger partial charge in [0, 0.05) is 34.2 Å². The monoisotopic (exact) mass is 408 g/mol. The van der Waals surface area contributed by atoms with Crippen LogP contribution in [0.15, 0.2) is 57.4 Å². The smallest absolute Gasteiger partial charge is 0.345 e. The molecule has 0 saturated heterocycles. The molecule has 1 atom stereocenters. The molecule has 0 aromatic heterocycles. The Bertz CT molecular complexity index is 989. The fourth-order valence-electron chi connectivity index (χ4n) is 3.45. The van der Waals surface area contributed by atoms with E-state index in [9.17, 15) is 9.59 Å². The maximum absolute atomic E-state index is 12.4. The summed E-state index contributed by atoms with van der Waals surface area (Å²) in [5.74, 6) is -0.320. The minimum atomic E-state index is -0.451. The molecule has 6 nitrogen and oxygen atoms in total. The van der Waals surface area contributed by atoms with Crippen molar-refractivity contribution in [1.82, 2.24) is 10.3 Å². The molecule has 2 heterocycles. The van der Waals surface area contributed by atoms with Gasteiger partial charge in [-0.05, 0) is 30.7 Å². The molecule has 0 aliphatic carbocycles. The van der Waals surface area contributed by atoms with Gasteiger partial charge in [0.25, 0.3) is 5.91 Å². The summed E-state index contributed by atoms with van der Waals surface area (Å²) in [5.41, 5.74) is 3.76. The fourth-order valence-corrected chi connectivity index (χ4v) is 4.42. The molecule has 2 aromatic carbocycles. The Labute approximate surface area is 174 Å². The van der Waals surface area contributed by atoms with Gasteiger partial charge in [-0.3, -0.25) is 4.79 Å². The first-order chi connectivity index (χ1) is 14.1. The molecular weight excluding hydrogens is 384 g/mol. The van der Waals surface area contributed by atoms with Crippen LogP contribution in [0.4, 0.5) is 16.2 Å². The van der Waals surface area contributed by atoms with Gasteiger partial charge in [-0.2, -0.15) is 5.10 Å². The second kappa shape index (κ2) is 8.29. The van der Waals surface area contributed by atoms with Gasteiger partial charge < -0.3 is 10.6 Å². The van der Waals surface area contributed by atoms with Crippen LogP contribution in [0.1, 0.15) is 38.7 Å². The van der Waals surface area contributed by atoms with Crippen molar-refractivity contribution < 1.29 is 9.59 Å². The summed E-state index contributed by atoms with van der Waals surface area (Å²) < 4.78 is 0. The van der Waals surface area contributed by atoms with Gasteiger partial charge in [-0.25, -0.2) is 4.79 Å². The Morgan fingerprint density at radius 3 is 2.86 bits per heavy atom. The second-order valence-electron chi connectivity index (χ2n) is 7.32. The van der Waals surface area contributed by atoms with E-state index in [1.165, 1.54) is 4.90 Å². The number of imide groups is 1. The van der Waals surface area contributed by atoms with Gasteiger partial charge in [-0.1, -0.05) is 50.2 Å². The van der Waals surface area contributed by atoms with Crippen LogP contribution in [0.25, 0.3) is 0 Å². The number of rotatable bonds is 4. The highest BCUT2D eigenvalue weighted by Gasteiger charge is 2.31. The number of carbonyl (C=O) groups excluding carboxylic acids is 2. The number of nitrogens with zero attached hydrogens (tertiary/aromatic N) is 2. The predicted octanol–water partition coefficient (Wildman–Crippen LogP) is 4.98. The van der Waals surface area contributed by atoms with E-state index in [2.05, 4.69) is 46.9 Å². The van der Waals surface area contributed by atoms with Crippen molar-refractivity contribution in [2.24, 2.45) is 11.0 Å². The molecule has 4 rings (SSSR count). The van der Waals surface area contributed by atoms with Crippen molar-refractivity contribution in [2.45, 2.75) is 42.9 Å². The molecule has 0 saturated carbocycles. The minimum Gasteiger partial charge on any atom is -0.354 e. The Hall–Kier alpha value is -2.80. The molecule has 2 aliphatic heterocycles. The van der Waals surface area contributed by atoms with Crippen LogP contribution in [-0.4, -0.2) is 29.2 Å². The maximum atomic E-state index is 12.4. The van der Waals surface area contributed by atoms with Crippen LogP contribution in [0, 0.1) is 5.92 Å². The Morgan fingerprint density at radius 2 is 2.03 bits per heavy atom. The summed E-state index contributed by atoms with van der Waals surface area (Å²) in [4.78, 5) is 27.1. The van der Waals surface area contributed by atoms with Crippen molar-refractivity contribution in [3.63, 3.8) is 0 Å². The summed E-state index contributed by atoms with van der Waals surface area (Å²) in [6.45, 7) is 4.57. The molecular formula is C22H24N4O2S.